The summed E-state index contributed by atoms with van der Waals surface area (Å²) in [6.07, 6.45) is 0.701. The molecule has 0 spiro atoms. The van der Waals surface area contributed by atoms with Crippen LogP contribution in [-0.4, -0.2) is 40.6 Å². The minimum absolute atomic E-state index is 0.0495. The predicted molar refractivity (Wildman–Crippen MR) is 74.4 cm³/mol. The lowest BCUT2D eigenvalue weighted by atomic mass is 10.2. The third kappa shape index (κ3) is 5.14. The molecule has 0 bridgehead atoms. The standard InChI is InChI=1S/C12H15FN2O4S/c13-10-8-9(2-3-11(10)15(18)19)12(17)14-4-7-20-6-1-5-16/h2-3,8,16H,1,4-7H2,(H,14,17). The van der Waals surface area contributed by atoms with Gasteiger partial charge in [-0.15, -0.1) is 0 Å². The molecule has 1 aromatic carbocycles. The average molecular weight is 302 g/mol. The quantitative estimate of drug-likeness (QED) is 0.432. The van der Waals surface area contributed by atoms with Crippen LogP contribution in [0.1, 0.15) is 16.8 Å². The predicted octanol–water partition coefficient (Wildman–Crippen LogP) is 1.58. The SMILES string of the molecule is O=C(NCCSCCCO)c1ccc([N+](=O)[O-])c(F)c1. The van der Waals surface area contributed by atoms with Crippen molar-refractivity contribution in [1.29, 1.82) is 0 Å². The molecule has 2 N–H and O–H groups in total. The topological polar surface area (TPSA) is 92.5 Å². The first kappa shape index (κ1) is 16.4. The monoisotopic (exact) mass is 302 g/mol. The van der Waals surface area contributed by atoms with Crippen molar-refractivity contribution in [3.63, 3.8) is 0 Å². The van der Waals surface area contributed by atoms with Gasteiger partial charge < -0.3 is 10.4 Å². The van der Waals surface area contributed by atoms with E-state index in [2.05, 4.69) is 5.32 Å². The number of hydrogen-bond donors (Lipinski definition) is 2. The fourth-order valence-corrected chi connectivity index (χ4v) is 2.19. The van der Waals surface area contributed by atoms with Crippen molar-refractivity contribution in [1.82, 2.24) is 5.32 Å². The van der Waals surface area contributed by atoms with Crippen LogP contribution in [0.3, 0.4) is 0 Å². The molecule has 0 atom stereocenters. The van der Waals surface area contributed by atoms with Gasteiger partial charge in [0, 0.05) is 30.5 Å². The van der Waals surface area contributed by atoms with Gasteiger partial charge in [-0.1, -0.05) is 0 Å². The molecule has 1 aromatic rings. The summed E-state index contributed by atoms with van der Waals surface area (Å²) in [6.45, 7) is 0.551. The van der Waals surface area contributed by atoms with Gasteiger partial charge in [-0.25, -0.2) is 0 Å². The molecular formula is C12H15FN2O4S. The molecule has 0 fully saturated rings. The molecule has 20 heavy (non-hydrogen) atoms. The molecule has 0 aliphatic heterocycles. The summed E-state index contributed by atoms with van der Waals surface area (Å²) in [6, 6.07) is 3.04. The molecule has 0 unspecified atom stereocenters. The van der Waals surface area contributed by atoms with E-state index in [0.29, 0.717) is 18.7 Å². The van der Waals surface area contributed by atoms with Crippen LogP contribution in [0.15, 0.2) is 18.2 Å². The van der Waals surface area contributed by atoms with Crippen molar-refractivity contribution < 1.29 is 19.2 Å². The van der Waals surface area contributed by atoms with Gasteiger partial charge in [0.25, 0.3) is 5.91 Å². The van der Waals surface area contributed by atoms with Gasteiger partial charge in [0.05, 0.1) is 4.92 Å². The zero-order valence-corrected chi connectivity index (χ0v) is 11.5. The molecule has 110 valence electrons. The number of aliphatic hydroxyl groups is 1. The number of nitro benzene ring substituents is 1. The van der Waals surface area contributed by atoms with Gasteiger partial charge in [0.2, 0.25) is 5.82 Å². The maximum Gasteiger partial charge on any atom is 0.304 e. The summed E-state index contributed by atoms with van der Waals surface area (Å²) in [4.78, 5) is 21.3. The number of halogens is 1. The third-order valence-corrected chi connectivity index (χ3v) is 3.46. The van der Waals surface area contributed by atoms with Crippen LogP contribution in [-0.2, 0) is 0 Å². The molecule has 8 heteroatoms. The highest BCUT2D eigenvalue weighted by Crippen LogP contribution is 2.17. The Hall–Kier alpha value is -1.67. The second-order valence-corrected chi connectivity index (χ2v) is 5.09. The Bertz CT molecular complexity index is 485. The van der Waals surface area contributed by atoms with Crippen molar-refractivity contribution in [2.45, 2.75) is 6.42 Å². The van der Waals surface area contributed by atoms with Crippen molar-refractivity contribution in [3.8, 4) is 0 Å². The number of nitro groups is 1. The van der Waals surface area contributed by atoms with Crippen LogP contribution in [0.4, 0.5) is 10.1 Å². The summed E-state index contributed by atoms with van der Waals surface area (Å²) >= 11 is 1.59. The van der Waals surface area contributed by atoms with Crippen molar-refractivity contribution in [3.05, 3.63) is 39.7 Å². The largest absolute Gasteiger partial charge is 0.396 e. The summed E-state index contributed by atoms with van der Waals surface area (Å²) in [5.74, 6) is -0.0127. The Morgan fingerprint density at radius 1 is 1.45 bits per heavy atom. The summed E-state index contributed by atoms with van der Waals surface area (Å²) in [5.41, 5.74) is -0.602. The molecule has 6 nitrogen and oxygen atoms in total. The highest BCUT2D eigenvalue weighted by molar-refractivity contribution is 7.99. The maximum absolute atomic E-state index is 13.3. The van der Waals surface area contributed by atoms with Crippen LogP contribution in [0.5, 0.6) is 0 Å². The Balaban J connectivity index is 2.44. The number of aliphatic hydroxyl groups excluding tert-OH is 1. The Kier molecular flexibility index (Phi) is 6.96. The van der Waals surface area contributed by atoms with Crippen LogP contribution in [0, 0.1) is 15.9 Å². The van der Waals surface area contributed by atoms with Crippen LogP contribution in [0.2, 0.25) is 0 Å². The second kappa shape index (κ2) is 8.49. The van der Waals surface area contributed by atoms with E-state index in [4.69, 9.17) is 5.11 Å². The first-order valence-electron chi connectivity index (χ1n) is 5.97. The van der Waals surface area contributed by atoms with Crippen LogP contribution in [0.25, 0.3) is 0 Å². The number of amides is 1. The smallest absolute Gasteiger partial charge is 0.304 e. The van der Waals surface area contributed by atoms with Crippen molar-refractivity contribution in [2.75, 3.05) is 24.7 Å². The molecule has 0 saturated heterocycles. The maximum atomic E-state index is 13.3. The number of carbonyl (C=O) groups excluding carboxylic acids is 1. The third-order valence-electron chi connectivity index (χ3n) is 2.39. The molecule has 0 aliphatic rings. The van der Waals surface area contributed by atoms with E-state index in [1.165, 1.54) is 6.07 Å². The van der Waals surface area contributed by atoms with E-state index >= 15 is 0 Å². The number of rotatable bonds is 8. The van der Waals surface area contributed by atoms with Gasteiger partial charge >= 0.3 is 5.69 Å². The summed E-state index contributed by atoms with van der Waals surface area (Å²) in [5, 5.41) is 21.6. The van der Waals surface area contributed by atoms with Gasteiger partial charge in [-0.2, -0.15) is 16.2 Å². The lowest BCUT2D eigenvalue weighted by Crippen LogP contribution is -2.26. The number of benzene rings is 1. The zero-order chi connectivity index (χ0) is 15.0. The average Bonchev–Trinajstić information content (AvgIpc) is 2.41. The molecular weight excluding hydrogens is 287 g/mol. The van der Waals surface area contributed by atoms with E-state index in [1.807, 2.05) is 0 Å². The van der Waals surface area contributed by atoms with E-state index in [-0.39, 0.29) is 12.2 Å². The van der Waals surface area contributed by atoms with E-state index < -0.39 is 22.3 Å². The second-order valence-electron chi connectivity index (χ2n) is 3.87. The first-order valence-corrected chi connectivity index (χ1v) is 7.12. The zero-order valence-electron chi connectivity index (χ0n) is 10.7. The number of carbonyl (C=O) groups is 1. The number of thioether (sulfide) groups is 1. The number of hydrogen-bond acceptors (Lipinski definition) is 5. The molecule has 0 aliphatic carbocycles. The minimum Gasteiger partial charge on any atom is -0.396 e. The number of nitrogens with one attached hydrogen (secondary N) is 1. The lowest BCUT2D eigenvalue weighted by molar-refractivity contribution is -0.387. The van der Waals surface area contributed by atoms with Crippen LogP contribution >= 0.6 is 11.8 Å². The molecule has 0 radical (unpaired) electrons. The lowest BCUT2D eigenvalue weighted by Gasteiger charge is -2.05. The van der Waals surface area contributed by atoms with Gasteiger partial charge in [0.1, 0.15) is 0 Å². The van der Waals surface area contributed by atoms with E-state index in [0.717, 1.165) is 17.9 Å². The van der Waals surface area contributed by atoms with E-state index in [9.17, 15) is 19.3 Å². The number of nitrogens with zero attached hydrogens (tertiary/aromatic N) is 1. The molecule has 0 heterocycles. The van der Waals surface area contributed by atoms with Gasteiger partial charge in [-0.05, 0) is 24.3 Å². The highest BCUT2D eigenvalue weighted by atomic mass is 32.2. The normalized spacial score (nSPS) is 10.3. The fraction of sp³-hybridized carbons (Fsp3) is 0.417. The molecule has 0 saturated carbocycles. The Morgan fingerprint density at radius 3 is 2.80 bits per heavy atom. The molecule has 1 amide bonds. The fourth-order valence-electron chi connectivity index (χ4n) is 1.40. The van der Waals surface area contributed by atoms with Crippen molar-refractivity contribution >= 4 is 23.4 Å². The molecule has 1 rings (SSSR count). The summed E-state index contributed by atoms with van der Waals surface area (Å²) in [7, 11) is 0. The van der Waals surface area contributed by atoms with Gasteiger partial charge in [0.15, 0.2) is 0 Å². The minimum atomic E-state index is -1.03. The van der Waals surface area contributed by atoms with Gasteiger partial charge in [-0.3, -0.25) is 14.9 Å². The van der Waals surface area contributed by atoms with E-state index in [1.54, 1.807) is 11.8 Å². The Labute approximate surface area is 119 Å². The van der Waals surface area contributed by atoms with Crippen LogP contribution < -0.4 is 5.32 Å². The molecule has 0 aromatic heterocycles. The van der Waals surface area contributed by atoms with Crippen molar-refractivity contribution in [2.24, 2.45) is 0 Å². The Morgan fingerprint density at radius 2 is 2.20 bits per heavy atom. The highest BCUT2D eigenvalue weighted by Gasteiger charge is 2.16. The summed E-state index contributed by atoms with van der Waals surface area (Å²) < 4.78 is 13.3. The first-order chi connectivity index (χ1) is 9.56.